The van der Waals surface area contributed by atoms with Crippen molar-refractivity contribution in [3.8, 4) is 0 Å². The lowest BCUT2D eigenvalue weighted by Gasteiger charge is -2.21. The van der Waals surface area contributed by atoms with Crippen molar-refractivity contribution in [3.63, 3.8) is 0 Å². The molecular weight excluding hydrogens is 296 g/mol. The Bertz CT molecular complexity index is 621. The average molecular weight is 317 g/mol. The van der Waals surface area contributed by atoms with Crippen LogP contribution in [0.3, 0.4) is 0 Å². The van der Waals surface area contributed by atoms with Crippen LogP contribution in [0.15, 0.2) is 48.5 Å². The number of nitrogens with one attached hydrogen (secondary N) is 1. The van der Waals surface area contributed by atoms with Gasteiger partial charge in [-0.3, -0.25) is 4.79 Å². The van der Waals surface area contributed by atoms with Crippen LogP contribution < -0.4 is 10.2 Å². The molecule has 0 aliphatic heterocycles. The van der Waals surface area contributed by atoms with E-state index in [1.165, 1.54) is 0 Å². The number of benzene rings is 2. The zero-order valence-electron chi connectivity index (χ0n) is 13.0. The Morgan fingerprint density at radius 3 is 2.27 bits per heavy atom. The zero-order chi connectivity index (χ0) is 15.9. The van der Waals surface area contributed by atoms with Gasteiger partial charge >= 0.3 is 0 Å². The lowest BCUT2D eigenvalue weighted by atomic mass is 10.1. The van der Waals surface area contributed by atoms with Crippen LogP contribution in [-0.2, 0) is 11.2 Å². The molecule has 0 unspecified atom stereocenters. The number of halogens is 1. The predicted octanol–water partition coefficient (Wildman–Crippen LogP) is 4.37. The number of amides is 1. The molecule has 2 aromatic rings. The summed E-state index contributed by atoms with van der Waals surface area (Å²) in [6, 6.07) is 15.3. The van der Waals surface area contributed by atoms with Crippen LogP contribution in [0.4, 0.5) is 11.4 Å². The molecule has 0 aromatic heterocycles. The van der Waals surface area contributed by atoms with E-state index in [-0.39, 0.29) is 12.3 Å². The number of nitrogens with zero attached hydrogens (tertiary/aromatic N) is 1. The fourth-order valence-corrected chi connectivity index (χ4v) is 2.57. The maximum absolute atomic E-state index is 12.1. The second kappa shape index (κ2) is 7.85. The molecule has 0 bridgehead atoms. The average Bonchev–Trinajstić information content (AvgIpc) is 2.52. The summed E-state index contributed by atoms with van der Waals surface area (Å²) in [4.78, 5) is 14.3. The second-order valence-electron chi connectivity index (χ2n) is 5.04. The quantitative estimate of drug-likeness (QED) is 0.858. The minimum Gasteiger partial charge on any atom is -0.372 e. The second-order valence-corrected chi connectivity index (χ2v) is 5.44. The van der Waals surface area contributed by atoms with Gasteiger partial charge in [0.2, 0.25) is 5.91 Å². The van der Waals surface area contributed by atoms with Crippen molar-refractivity contribution in [3.05, 3.63) is 59.1 Å². The number of carbonyl (C=O) groups is 1. The highest BCUT2D eigenvalue weighted by Gasteiger charge is 2.07. The minimum atomic E-state index is -0.0660. The van der Waals surface area contributed by atoms with Crippen molar-refractivity contribution in [1.29, 1.82) is 0 Å². The Morgan fingerprint density at radius 1 is 1.05 bits per heavy atom. The number of carbonyl (C=O) groups excluding carboxylic acids is 1. The van der Waals surface area contributed by atoms with Gasteiger partial charge in [-0.1, -0.05) is 29.8 Å². The first-order valence-corrected chi connectivity index (χ1v) is 7.90. The van der Waals surface area contributed by atoms with Crippen molar-refractivity contribution in [2.75, 3.05) is 23.3 Å². The van der Waals surface area contributed by atoms with E-state index in [1.807, 2.05) is 42.5 Å². The number of hydrogen-bond acceptors (Lipinski definition) is 2. The van der Waals surface area contributed by atoms with Crippen molar-refractivity contribution in [1.82, 2.24) is 0 Å². The van der Waals surface area contributed by atoms with Crippen molar-refractivity contribution in [2.45, 2.75) is 20.3 Å². The maximum atomic E-state index is 12.1. The number of rotatable bonds is 6. The molecule has 22 heavy (non-hydrogen) atoms. The fraction of sp³-hybridized carbons (Fsp3) is 0.278. The summed E-state index contributed by atoms with van der Waals surface area (Å²) in [5.74, 6) is -0.0660. The lowest BCUT2D eigenvalue weighted by molar-refractivity contribution is -0.115. The van der Waals surface area contributed by atoms with E-state index in [0.717, 1.165) is 30.0 Å². The minimum absolute atomic E-state index is 0.0660. The van der Waals surface area contributed by atoms with Crippen LogP contribution in [0, 0.1) is 0 Å². The molecule has 0 saturated carbocycles. The van der Waals surface area contributed by atoms with Crippen LogP contribution in [0.2, 0.25) is 5.02 Å². The van der Waals surface area contributed by atoms with Crippen LogP contribution in [-0.4, -0.2) is 19.0 Å². The molecule has 0 aliphatic rings. The first-order chi connectivity index (χ1) is 10.6. The highest BCUT2D eigenvalue weighted by atomic mass is 35.5. The number of anilines is 2. The van der Waals surface area contributed by atoms with Crippen molar-refractivity contribution in [2.24, 2.45) is 0 Å². The Hall–Kier alpha value is -2.00. The van der Waals surface area contributed by atoms with Crippen LogP contribution in [0.25, 0.3) is 0 Å². The predicted molar refractivity (Wildman–Crippen MR) is 93.8 cm³/mol. The standard InChI is InChI=1S/C18H21ClN2O/c1-3-21(4-2)16-11-9-15(10-12-16)20-18(22)13-14-7-5-6-8-17(14)19/h5-12H,3-4,13H2,1-2H3,(H,20,22). The highest BCUT2D eigenvalue weighted by Crippen LogP contribution is 2.19. The van der Waals surface area contributed by atoms with E-state index in [2.05, 4.69) is 24.1 Å². The third kappa shape index (κ3) is 4.25. The zero-order valence-corrected chi connectivity index (χ0v) is 13.7. The van der Waals surface area contributed by atoms with Gasteiger partial charge in [0.15, 0.2) is 0 Å². The molecule has 2 aromatic carbocycles. The first-order valence-electron chi connectivity index (χ1n) is 7.52. The molecule has 0 spiro atoms. The van der Waals surface area contributed by atoms with E-state index < -0.39 is 0 Å². The number of hydrogen-bond donors (Lipinski definition) is 1. The van der Waals surface area contributed by atoms with Gasteiger partial charge in [-0.05, 0) is 49.7 Å². The maximum Gasteiger partial charge on any atom is 0.228 e. The third-order valence-electron chi connectivity index (χ3n) is 3.59. The SMILES string of the molecule is CCN(CC)c1ccc(NC(=O)Cc2ccccc2Cl)cc1. The summed E-state index contributed by atoms with van der Waals surface area (Å²) < 4.78 is 0. The van der Waals surface area contributed by atoms with E-state index in [9.17, 15) is 4.79 Å². The molecule has 1 N–H and O–H groups in total. The van der Waals surface area contributed by atoms with Crippen molar-refractivity contribution < 1.29 is 4.79 Å². The van der Waals surface area contributed by atoms with Crippen molar-refractivity contribution >= 4 is 28.9 Å². The molecule has 4 heteroatoms. The fourth-order valence-electron chi connectivity index (χ4n) is 2.36. The van der Waals surface area contributed by atoms with Gasteiger partial charge in [0.25, 0.3) is 0 Å². The van der Waals surface area contributed by atoms with Gasteiger partial charge in [0.1, 0.15) is 0 Å². The summed E-state index contributed by atoms with van der Waals surface area (Å²) in [6.45, 7) is 6.19. The summed E-state index contributed by atoms with van der Waals surface area (Å²) in [5, 5.41) is 3.52. The van der Waals surface area contributed by atoms with Gasteiger partial charge in [0.05, 0.1) is 6.42 Å². The molecule has 0 fully saturated rings. The molecule has 0 heterocycles. The Kier molecular flexibility index (Phi) is 5.84. The topological polar surface area (TPSA) is 32.3 Å². The van der Waals surface area contributed by atoms with E-state index >= 15 is 0 Å². The lowest BCUT2D eigenvalue weighted by Crippen LogP contribution is -2.21. The molecule has 116 valence electrons. The van der Waals surface area contributed by atoms with Gasteiger partial charge in [-0.25, -0.2) is 0 Å². The molecule has 1 amide bonds. The third-order valence-corrected chi connectivity index (χ3v) is 3.96. The molecule has 0 atom stereocenters. The Balaban J connectivity index is 1.99. The molecular formula is C18H21ClN2O. The van der Waals surface area contributed by atoms with Gasteiger partial charge in [-0.15, -0.1) is 0 Å². The van der Waals surface area contributed by atoms with Gasteiger partial charge in [0, 0.05) is 29.5 Å². The molecule has 0 saturated heterocycles. The van der Waals surface area contributed by atoms with E-state index in [1.54, 1.807) is 6.07 Å². The van der Waals surface area contributed by atoms with E-state index in [4.69, 9.17) is 11.6 Å². The van der Waals surface area contributed by atoms with Crippen LogP contribution >= 0.6 is 11.6 Å². The Labute approximate surface area is 136 Å². The highest BCUT2D eigenvalue weighted by molar-refractivity contribution is 6.31. The first kappa shape index (κ1) is 16.4. The summed E-state index contributed by atoms with van der Waals surface area (Å²) >= 11 is 6.07. The Morgan fingerprint density at radius 2 is 1.68 bits per heavy atom. The molecule has 3 nitrogen and oxygen atoms in total. The van der Waals surface area contributed by atoms with E-state index in [0.29, 0.717) is 5.02 Å². The molecule has 0 aliphatic carbocycles. The van der Waals surface area contributed by atoms with Crippen LogP contribution in [0.5, 0.6) is 0 Å². The summed E-state index contributed by atoms with van der Waals surface area (Å²) in [5.41, 5.74) is 2.79. The monoisotopic (exact) mass is 316 g/mol. The normalized spacial score (nSPS) is 10.3. The molecule has 0 radical (unpaired) electrons. The summed E-state index contributed by atoms with van der Waals surface area (Å²) in [6.07, 6.45) is 0.275. The summed E-state index contributed by atoms with van der Waals surface area (Å²) in [7, 11) is 0. The van der Waals surface area contributed by atoms with Crippen LogP contribution in [0.1, 0.15) is 19.4 Å². The largest absolute Gasteiger partial charge is 0.372 e. The van der Waals surface area contributed by atoms with Gasteiger partial charge < -0.3 is 10.2 Å². The molecule has 2 rings (SSSR count). The van der Waals surface area contributed by atoms with Gasteiger partial charge in [-0.2, -0.15) is 0 Å². The smallest absolute Gasteiger partial charge is 0.228 e.